The summed E-state index contributed by atoms with van der Waals surface area (Å²) in [6.45, 7) is 4.72. The molecule has 1 heterocycles. The standard InChI is InChI=1S/C16H20F3N3O3/c1-14(2)15(3,20(4)25)22(13(24)21(14)9-10-23)12-7-5-11(6-8-12)16(17,18)19/h5-8,10,25H,9H2,1-4H3. The van der Waals surface area contributed by atoms with E-state index in [1.54, 1.807) is 20.8 Å². The van der Waals surface area contributed by atoms with E-state index in [0.29, 0.717) is 6.29 Å². The molecule has 2 amide bonds. The Morgan fingerprint density at radius 1 is 1.20 bits per heavy atom. The van der Waals surface area contributed by atoms with Gasteiger partial charge in [0, 0.05) is 12.7 Å². The fourth-order valence-electron chi connectivity index (χ4n) is 3.16. The molecule has 0 aliphatic carbocycles. The predicted octanol–water partition coefficient (Wildman–Crippen LogP) is 2.96. The van der Waals surface area contributed by atoms with Gasteiger partial charge in [0.2, 0.25) is 0 Å². The van der Waals surface area contributed by atoms with E-state index in [4.69, 9.17) is 0 Å². The smallest absolute Gasteiger partial charge is 0.312 e. The summed E-state index contributed by atoms with van der Waals surface area (Å²) in [5, 5.41) is 11.0. The second-order valence-electron chi connectivity index (χ2n) is 6.54. The monoisotopic (exact) mass is 359 g/mol. The number of hydrogen-bond acceptors (Lipinski definition) is 4. The van der Waals surface area contributed by atoms with E-state index in [1.165, 1.54) is 29.0 Å². The Hall–Kier alpha value is -2.13. The van der Waals surface area contributed by atoms with Gasteiger partial charge >= 0.3 is 12.2 Å². The molecule has 0 radical (unpaired) electrons. The summed E-state index contributed by atoms with van der Waals surface area (Å²) in [6.07, 6.45) is -3.93. The van der Waals surface area contributed by atoms with Crippen LogP contribution in [0.2, 0.25) is 0 Å². The second kappa shape index (κ2) is 5.99. The number of aldehydes is 1. The van der Waals surface area contributed by atoms with Crippen molar-refractivity contribution in [3.8, 4) is 0 Å². The Kier molecular flexibility index (Phi) is 4.60. The molecule has 9 heteroatoms. The number of anilines is 1. The van der Waals surface area contributed by atoms with Crippen LogP contribution in [-0.2, 0) is 11.0 Å². The molecule has 1 unspecified atom stereocenters. The van der Waals surface area contributed by atoms with Crippen molar-refractivity contribution < 1.29 is 28.0 Å². The molecule has 2 rings (SSSR count). The van der Waals surface area contributed by atoms with Crippen LogP contribution in [0.25, 0.3) is 0 Å². The van der Waals surface area contributed by atoms with Crippen molar-refractivity contribution in [2.24, 2.45) is 0 Å². The lowest BCUT2D eigenvalue weighted by molar-refractivity contribution is -0.170. The number of nitrogens with zero attached hydrogens (tertiary/aromatic N) is 3. The normalized spacial score (nSPS) is 23.5. The summed E-state index contributed by atoms with van der Waals surface area (Å²) in [7, 11) is 1.34. The highest BCUT2D eigenvalue weighted by molar-refractivity contribution is 5.98. The van der Waals surface area contributed by atoms with Crippen LogP contribution in [0.4, 0.5) is 23.7 Å². The van der Waals surface area contributed by atoms with Gasteiger partial charge in [0.15, 0.2) is 0 Å². The zero-order chi connectivity index (χ0) is 19.2. The molecule has 1 atom stereocenters. The van der Waals surface area contributed by atoms with Gasteiger partial charge in [-0.3, -0.25) is 4.90 Å². The highest BCUT2D eigenvalue weighted by atomic mass is 19.4. The molecule has 1 aromatic carbocycles. The minimum Gasteiger partial charge on any atom is -0.312 e. The van der Waals surface area contributed by atoms with Crippen molar-refractivity contribution in [1.29, 1.82) is 0 Å². The fraction of sp³-hybridized carbons (Fsp3) is 0.500. The number of hydroxylamine groups is 2. The largest absolute Gasteiger partial charge is 0.416 e. The molecule has 1 saturated heterocycles. The van der Waals surface area contributed by atoms with Gasteiger partial charge in [0.1, 0.15) is 11.9 Å². The third-order valence-corrected chi connectivity index (χ3v) is 5.03. The van der Waals surface area contributed by atoms with Gasteiger partial charge in [-0.2, -0.15) is 18.2 Å². The topological polar surface area (TPSA) is 64.1 Å². The Morgan fingerprint density at radius 3 is 2.12 bits per heavy atom. The van der Waals surface area contributed by atoms with Crippen molar-refractivity contribution in [2.45, 2.75) is 38.1 Å². The number of urea groups is 1. The minimum atomic E-state index is -4.49. The number of benzene rings is 1. The van der Waals surface area contributed by atoms with Crippen molar-refractivity contribution >= 4 is 18.0 Å². The Balaban J connectivity index is 2.57. The van der Waals surface area contributed by atoms with Crippen molar-refractivity contribution in [3.63, 3.8) is 0 Å². The number of hydrogen-bond donors (Lipinski definition) is 1. The highest BCUT2D eigenvalue weighted by Gasteiger charge is 2.62. The number of alkyl halides is 3. The first-order valence-corrected chi connectivity index (χ1v) is 7.54. The van der Waals surface area contributed by atoms with Crippen LogP contribution in [0.5, 0.6) is 0 Å². The number of likely N-dealkylation sites (N-methyl/N-ethyl adjacent to an activating group) is 1. The molecule has 25 heavy (non-hydrogen) atoms. The third kappa shape index (κ3) is 2.77. The van der Waals surface area contributed by atoms with Gasteiger partial charge in [-0.05, 0) is 45.0 Å². The molecule has 0 spiro atoms. The van der Waals surface area contributed by atoms with E-state index < -0.39 is 29.0 Å². The molecular formula is C16H20F3N3O3. The summed E-state index contributed by atoms with van der Waals surface area (Å²) in [5.41, 5.74) is -2.97. The van der Waals surface area contributed by atoms with E-state index in [1.807, 2.05) is 0 Å². The van der Waals surface area contributed by atoms with Gasteiger partial charge in [0.25, 0.3) is 0 Å². The molecule has 1 aromatic rings. The summed E-state index contributed by atoms with van der Waals surface area (Å²) >= 11 is 0. The average Bonchev–Trinajstić information content (AvgIpc) is 2.65. The highest BCUT2D eigenvalue weighted by Crippen LogP contribution is 2.45. The Bertz CT molecular complexity index is 673. The molecular weight excluding hydrogens is 339 g/mol. The van der Waals surface area contributed by atoms with Crippen molar-refractivity contribution in [1.82, 2.24) is 9.96 Å². The van der Waals surface area contributed by atoms with Crippen LogP contribution >= 0.6 is 0 Å². The molecule has 1 aliphatic heterocycles. The van der Waals surface area contributed by atoms with Gasteiger partial charge in [0.05, 0.1) is 17.6 Å². The quantitative estimate of drug-likeness (QED) is 0.663. The van der Waals surface area contributed by atoms with E-state index in [9.17, 15) is 28.0 Å². The molecule has 0 aromatic heterocycles. The van der Waals surface area contributed by atoms with E-state index in [0.717, 1.165) is 17.2 Å². The molecule has 0 bridgehead atoms. The SMILES string of the molecule is CN(O)C1(C)N(c2ccc(C(F)(F)F)cc2)C(=O)N(CC=O)C1(C)C. The number of amides is 2. The summed E-state index contributed by atoms with van der Waals surface area (Å²) in [4.78, 5) is 26.3. The molecule has 1 aliphatic rings. The lowest BCUT2D eigenvalue weighted by Crippen LogP contribution is -2.64. The maximum atomic E-state index is 12.8. The Morgan fingerprint density at radius 2 is 1.72 bits per heavy atom. The number of carbonyl (C=O) groups excluding carboxylic acids is 2. The molecule has 6 nitrogen and oxygen atoms in total. The van der Waals surface area contributed by atoms with Gasteiger partial charge < -0.3 is 14.9 Å². The maximum absolute atomic E-state index is 12.8. The first kappa shape index (κ1) is 19.2. The van der Waals surface area contributed by atoms with Crippen LogP contribution in [0.1, 0.15) is 26.3 Å². The van der Waals surface area contributed by atoms with Crippen LogP contribution in [-0.4, -0.2) is 52.3 Å². The van der Waals surface area contributed by atoms with E-state index in [2.05, 4.69) is 0 Å². The number of halogens is 3. The molecule has 1 fully saturated rings. The summed E-state index contributed by atoms with van der Waals surface area (Å²) in [6, 6.07) is 3.50. The fourth-order valence-corrected chi connectivity index (χ4v) is 3.16. The van der Waals surface area contributed by atoms with Gasteiger partial charge in [-0.15, -0.1) is 0 Å². The minimum absolute atomic E-state index is 0.183. The lowest BCUT2D eigenvalue weighted by atomic mass is 9.87. The van der Waals surface area contributed by atoms with E-state index in [-0.39, 0.29) is 12.2 Å². The van der Waals surface area contributed by atoms with Crippen molar-refractivity contribution in [2.75, 3.05) is 18.5 Å². The van der Waals surface area contributed by atoms with Crippen LogP contribution in [0.15, 0.2) is 24.3 Å². The van der Waals surface area contributed by atoms with Crippen LogP contribution in [0.3, 0.4) is 0 Å². The van der Waals surface area contributed by atoms with Crippen LogP contribution in [0, 0.1) is 0 Å². The zero-order valence-electron chi connectivity index (χ0n) is 14.3. The first-order chi connectivity index (χ1) is 11.4. The van der Waals surface area contributed by atoms with Gasteiger partial charge in [-0.1, -0.05) is 0 Å². The summed E-state index contributed by atoms with van der Waals surface area (Å²) in [5.74, 6) is 0. The maximum Gasteiger partial charge on any atom is 0.416 e. The zero-order valence-corrected chi connectivity index (χ0v) is 14.3. The Labute approximate surface area is 143 Å². The average molecular weight is 359 g/mol. The first-order valence-electron chi connectivity index (χ1n) is 7.54. The van der Waals surface area contributed by atoms with Crippen LogP contribution < -0.4 is 4.90 Å². The number of carbonyl (C=O) groups is 2. The molecule has 0 saturated carbocycles. The molecule has 138 valence electrons. The lowest BCUT2D eigenvalue weighted by Gasteiger charge is -2.46. The predicted molar refractivity (Wildman–Crippen MR) is 84.1 cm³/mol. The second-order valence-corrected chi connectivity index (χ2v) is 6.54. The third-order valence-electron chi connectivity index (χ3n) is 5.03. The van der Waals surface area contributed by atoms with Crippen molar-refractivity contribution in [3.05, 3.63) is 29.8 Å². The van der Waals surface area contributed by atoms with Gasteiger partial charge in [-0.25, -0.2) is 4.79 Å². The number of rotatable bonds is 4. The summed E-state index contributed by atoms with van der Waals surface area (Å²) < 4.78 is 38.3. The van der Waals surface area contributed by atoms with E-state index >= 15 is 0 Å². The molecule has 1 N–H and O–H groups in total.